The number of anilines is 2. The van der Waals surface area contributed by atoms with Crippen molar-refractivity contribution in [3.63, 3.8) is 0 Å². The molecule has 0 spiro atoms. The molecule has 40 heavy (non-hydrogen) atoms. The van der Waals surface area contributed by atoms with Crippen LogP contribution in [0.3, 0.4) is 0 Å². The van der Waals surface area contributed by atoms with E-state index in [2.05, 4.69) is 20.8 Å². The van der Waals surface area contributed by atoms with Gasteiger partial charge in [0.1, 0.15) is 29.9 Å². The molecule has 1 aromatic heterocycles. The molecule has 0 radical (unpaired) electrons. The third-order valence-corrected chi connectivity index (χ3v) is 8.56. The van der Waals surface area contributed by atoms with Gasteiger partial charge in [-0.3, -0.25) is 24.1 Å². The van der Waals surface area contributed by atoms with Gasteiger partial charge in [0, 0.05) is 23.7 Å². The van der Waals surface area contributed by atoms with Crippen molar-refractivity contribution >= 4 is 80.2 Å². The Morgan fingerprint density at radius 1 is 1.32 bits per heavy atom. The molecule has 2 aliphatic rings. The Balaban J connectivity index is 1.47. The number of hydrogen-bond acceptors (Lipinski definition) is 12. The number of nitrogen functional groups attached to an aromatic ring is 1. The van der Waals surface area contributed by atoms with E-state index in [9.17, 15) is 29.1 Å². The standard InChI is InChI=1S/C24H24N6O7S3/c1-11(31)38-10-16(32)26-14-5-3-4-12(7-14)6-13-8-39-22-18(21(34)30(22)19(13)23(35)36)28-20(33)17(29-37-2)15-9-40-24(25)27-15/h3-5,7,9,18,22H,6,8,10H2,1-2H3,(H2,25,27)(H,26,32)(H,28,33)(H,35,36)/b29-17+/t18-,22-/m1/s1. The lowest BCUT2D eigenvalue weighted by molar-refractivity contribution is -0.150. The van der Waals surface area contributed by atoms with E-state index in [1.807, 2.05) is 0 Å². The van der Waals surface area contributed by atoms with Gasteiger partial charge in [-0.05, 0) is 29.7 Å². The predicted octanol–water partition coefficient (Wildman–Crippen LogP) is 1.28. The van der Waals surface area contributed by atoms with Crippen LogP contribution in [-0.4, -0.2) is 79.5 Å². The summed E-state index contributed by atoms with van der Waals surface area (Å²) >= 11 is 3.33. The molecule has 5 N–H and O–H groups in total. The van der Waals surface area contributed by atoms with E-state index >= 15 is 0 Å². The van der Waals surface area contributed by atoms with Crippen LogP contribution in [0.25, 0.3) is 0 Å². The number of carboxylic acids is 1. The molecule has 3 amide bonds. The van der Waals surface area contributed by atoms with E-state index in [0.29, 0.717) is 17.0 Å². The first-order chi connectivity index (χ1) is 19.1. The first kappa shape index (κ1) is 29.1. The van der Waals surface area contributed by atoms with E-state index in [4.69, 9.17) is 10.6 Å². The van der Waals surface area contributed by atoms with Gasteiger partial charge in [0.15, 0.2) is 16.0 Å². The molecule has 4 rings (SSSR count). The van der Waals surface area contributed by atoms with Gasteiger partial charge in [0.2, 0.25) is 5.91 Å². The maximum absolute atomic E-state index is 13.1. The highest BCUT2D eigenvalue weighted by molar-refractivity contribution is 8.14. The van der Waals surface area contributed by atoms with Crippen LogP contribution < -0.4 is 16.4 Å². The normalized spacial score (nSPS) is 18.5. The van der Waals surface area contributed by atoms with Crippen LogP contribution in [0.1, 0.15) is 18.2 Å². The third-order valence-electron chi connectivity index (χ3n) is 5.73. The molecule has 1 fully saturated rings. The summed E-state index contributed by atoms with van der Waals surface area (Å²) in [5.74, 6) is -2.59. The SMILES string of the molecule is CO/N=C(/C(=O)N[C@@H]1C(=O)N2C(C(=O)O)=C(Cc3cccc(NC(=O)CSC(C)=O)c3)CS[C@H]12)c1csc(N)n1. The highest BCUT2D eigenvalue weighted by atomic mass is 32.2. The van der Waals surface area contributed by atoms with Crippen molar-refractivity contribution in [2.45, 2.75) is 24.8 Å². The third kappa shape index (κ3) is 6.46. The van der Waals surface area contributed by atoms with Crippen molar-refractivity contribution in [1.29, 1.82) is 0 Å². The molecule has 0 bridgehead atoms. The van der Waals surface area contributed by atoms with Crippen molar-refractivity contribution < 1.29 is 33.9 Å². The fourth-order valence-electron chi connectivity index (χ4n) is 4.09. The van der Waals surface area contributed by atoms with E-state index in [-0.39, 0.29) is 45.4 Å². The number of nitrogens with one attached hydrogen (secondary N) is 2. The first-order valence-electron chi connectivity index (χ1n) is 11.6. The van der Waals surface area contributed by atoms with Crippen LogP contribution in [-0.2, 0) is 35.2 Å². The molecule has 0 saturated carbocycles. The summed E-state index contributed by atoms with van der Waals surface area (Å²) in [7, 11) is 1.26. The van der Waals surface area contributed by atoms with Crippen LogP contribution in [0.2, 0.25) is 0 Å². The minimum Gasteiger partial charge on any atom is -0.477 e. The lowest BCUT2D eigenvalue weighted by Crippen LogP contribution is -2.71. The van der Waals surface area contributed by atoms with Gasteiger partial charge in [-0.25, -0.2) is 9.78 Å². The molecule has 210 valence electrons. The van der Waals surface area contributed by atoms with Crippen molar-refractivity contribution in [2.75, 3.05) is 29.7 Å². The molecule has 2 aromatic rings. The number of rotatable bonds is 10. The summed E-state index contributed by atoms with van der Waals surface area (Å²) in [6.07, 6.45) is 0.226. The van der Waals surface area contributed by atoms with Gasteiger partial charge < -0.3 is 26.3 Å². The smallest absolute Gasteiger partial charge is 0.352 e. The molecule has 1 saturated heterocycles. The number of thiazole rings is 1. The van der Waals surface area contributed by atoms with Gasteiger partial charge in [-0.15, -0.1) is 23.1 Å². The Kier molecular flexibility index (Phi) is 9.11. The number of carboxylic acid groups (broad SMARTS) is 1. The summed E-state index contributed by atoms with van der Waals surface area (Å²) in [5, 5.41) is 20.0. The van der Waals surface area contributed by atoms with Crippen molar-refractivity contribution in [1.82, 2.24) is 15.2 Å². The van der Waals surface area contributed by atoms with E-state index < -0.39 is 29.2 Å². The number of oxime groups is 1. The zero-order valence-corrected chi connectivity index (χ0v) is 23.7. The quantitative estimate of drug-likeness (QED) is 0.173. The number of fused-ring (bicyclic) bond motifs is 1. The molecular weight excluding hydrogens is 581 g/mol. The topological polar surface area (TPSA) is 193 Å². The van der Waals surface area contributed by atoms with Crippen molar-refractivity contribution in [3.05, 3.63) is 52.2 Å². The van der Waals surface area contributed by atoms with Crippen LogP contribution >= 0.6 is 34.9 Å². The number of thioether (sulfide) groups is 2. The summed E-state index contributed by atoms with van der Waals surface area (Å²) in [4.78, 5) is 71.4. The number of aliphatic carboxylic acids is 1. The fourth-order valence-corrected chi connectivity index (χ4v) is 6.39. The first-order valence-corrected chi connectivity index (χ1v) is 14.6. The zero-order valence-electron chi connectivity index (χ0n) is 21.2. The number of β-lactam (4-membered cyclic amide) rings is 1. The Bertz CT molecular complexity index is 1440. The lowest BCUT2D eigenvalue weighted by Gasteiger charge is -2.49. The van der Waals surface area contributed by atoms with Crippen LogP contribution in [0.15, 0.2) is 46.1 Å². The molecular formula is C24H24N6O7S3. The summed E-state index contributed by atoms with van der Waals surface area (Å²) in [6, 6.07) is 5.93. The summed E-state index contributed by atoms with van der Waals surface area (Å²) in [6.45, 7) is 1.38. The molecule has 0 aliphatic carbocycles. The Morgan fingerprint density at radius 3 is 2.75 bits per heavy atom. The molecule has 16 heteroatoms. The van der Waals surface area contributed by atoms with Gasteiger partial charge in [-0.1, -0.05) is 29.1 Å². The highest BCUT2D eigenvalue weighted by Gasteiger charge is 2.54. The van der Waals surface area contributed by atoms with E-state index in [0.717, 1.165) is 28.7 Å². The monoisotopic (exact) mass is 604 g/mol. The number of nitrogens with two attached hydrogens (primary N) is 1. The second-order valence-electron chi connectivity index (χ2n) is 8.52. The average Bonchev–Trinajstić information content (AvgIpc) is 3.34. The number of carbonyl (C=O) groups is 5. The highest BCUT2D eigenvalue weighted by Crippen LogP contribution is 2.41. The Labute approximate surface area is 240 Å². The van der Waals surface area contributed by atoms with E-state index in [1.54, 1.807) is 24.3 Å². The number of hydrogen-bond donors (Lipinski definition) is 4. The molecule has 0 unspecified atom stereocenters. The summed E-state index contributed by atoms with van der Waals surface area (Å²) in [5.41, 5.74) is 7.28. The van der Waals surface area contributed by atoms with Crippen LogP contribution in [0, 0.1) is 0 Å². The second-order valence-corrected chi connectivity index (χ2v) is 11.7. The number of carbonyl (C=O) groups excluding carboxylic acids is 4. The average molecular weight is 605 g/mol. The Morgan fingerprint density at radius 2 is 2.10 bits per heavy atom. The Hall–Kier alpha value is -3.89. The number of nitrogens with zero attached hydrogens (tertiary/aromatic N) is 3. The lowest BCUT2D eigenvalue weighted by atomic mass is 9.98. The molecule has 2 aliphatic heterocycles. The molecule has 13 nitrogen and oxygen atoms in total. The molecule has 2 atom stereocenters. The van der Waals surface area contributed by atoms with Crippen molar-refractivity contribution in [3.8, 4) is 0 Å². The van der Waals surface area contributed by atoms with E-state index in [1.165, 1.54) is 36.1 Å². The minimum atomic E-state index is -1.26. The number of aromatic nitrogens is 1. The predicted molar refractivity (Wildman–Crippen MR) is 152 cm³/mol. The van der Waals surface area contributed by atoms with Gasteiger partial charge in [-0.2, -0.15) is 0 Å². The van der Waals surface area contributed by atoms with Crippen molar-refractivity contribution in [2.24, 2.45) is 5.16 Å². The minimum absolute atomic E-state index is 0.0165. The maximum Gasteiger partial charge on any atom is 0.352 e. The molecule has 1 aromatic carbocycles. The van der Waals surface area contributed by atoms with Gasteiger partial charge >= 0.3 is 5.97 Å². The largest absolute Gasteiger partial charge is 0.477 e. The molecule has 3 heterocycles. The number of benzene rings is 1. The fraction of sp³-hybridized carbons (Fsp3) is 0.292. The maximum atomic E-state index is 13.1. The summed E-state index contributed by atoms with van der Waals surface area (Å²) < 4.78 is 0. The van der Waals surface area contributed by atoms with Gasteiger partial charge in [0.25, 0.3) is 11.8 Å². The van der Waals surface area contributed by atoms with Gasteiger partial charge in [0.05, 0.1) is 5.75 Å². The van der Waals surface area contributed by atoms with Crippen LogP contribution in [0.5, 0.6) is 0 Å². The number of amides is 3. The second kappa shape index (κ2) is 12.5. The zero-order chi connectivity index (χ0) is 29.0. The van der Waals surface area contributed by atoms with Crippen LogP contribution in [0.4, 0.5) is 10.8 Å².